The van der Waals surface area contributed by atoms with Crippen LogP contribution in [0.25, 0.3) is 0 Å². The molecule has 10 nitrogen and oxygen atoms in total. The number of primary amides is 1. The van der Waals surface area contributed by atoms with Crippen LogP contribution >= 0.6 is 11.5 Å². The minimum atomic E-state index is -0.671. The van der Waals surface area contributed by atoms with Gasteiger partial charge in [-0.05, 0) is 55.2 Å². The van der Waals surface area contributed by atoms with E-state index in [1.165, 1.54) is 17.7 Å². The van der Waals surface area contributed by atoms with Gasteiger partial charge in [0.15, 0.2) is 11.5 Å². The van der Waals surface area contributed by atoms with E-state index in [0.717, 1.165) is 22.8 Å². The fraction of sp³-hybridized carbons (Fsp3) is 0.318. The van der Waals surface area contributed by atoms with E-state index >= 15 is 0 Å². The van der Waals surface area contributed by atoms with Crippen LogP contribution in [-0.2, 0) is 0 Å². The molecular weight excluding hydrogens is 440 g/mol. The van der Waals surface area contributed by atoms with Crippen LogP contribution in [0.1, 0.15) is 33.0 Å². The van der Waals surface area contributed by atoms with Gasteiger partial charge in [0.1, 0.15) is 10.8 Å². The molecule has 3 heterocycles. The molecule has 1 fully saturated rings. The van der Waals surface area contributed by atoms with Crippen LogP contribution in [0.15, 0.2) is 36.5 Å². The Bertz CT molecular complexity index is 1160. The first-order chi connectivity index (χ1) is 15.8. The summed E-state index contributed by atoms with van der Waals surface area (Å²) in [6.45, 7) is 3.07. The topological polar surface area (TPSA) is 129 Å². The lowest BCUT2D eigenvalue weighted by Gasteiger charge is -2.19. The van der Waals surface area contributed by atoms with Crippen molar-refractivity contribution >= 4 is 45.7 Å². The number of nitrogens with zero attached hydrogens (tertiary/aromatic N) is 5. The highest BCUT2D eigenvalue weighted by Crippen LogP contribution is 2.24. The predicted octanol–water partition coefficient (Wildman–Crippen LogP) is 2.48. The van der Waals surface area contributed by atoms with Crippen LogP contribution in [0.5, 0.6) is 0 Å². The Hall–Kier alpha value is -3.73. The third-order valence-electron chi connectivity index (χ3n) is 5.33. The molecule has 2 amide bonds. The molecule has 0 bridgehead atoms. The van der Waals surface area contributed by atoms with E-state index in [4.69, 9.17) is 5.73 Å². The summed E-state index contributed by atoms with van der Waals surface area (Å²) in [5.74, 6) is 0.0971. The van der Waals surface area contributed by atoms with Crippen molar-refractivity contribution in [3.05, 3.63) is 53.5 Å². The standard InChI is InChI=1S/C22H26N8O2S/c1-13-10-18(33-28-13)27-21-19(20(23)31)24-11-17(26-21)25-15-8-9-30(12-15)22(32)14-4-6-16(7-5-14)29(2)3/h4-7,10-11,15H,8-9,12H2,1-3H3,(H2,23,31)(H2,25,26,27)/t15-/m1/s1. The number of aromatic nitrogens is 3. The van der Waals surface area contributed by atoms with Crippen molar-refractivity contribution in [1.82, 2.24) is 19.2 Å². The Morgan fingerprint density at radius 3 is 2.64 bits per heavy atom. The number of hydrogen-bond donors (Lipinski definition) is 3. The number of hydrogen-bond acceptors (Lipinski definition) is 9. The highest BCUT2D eigenvalue weighted by atomic mass is 32.1. The van der Waals surface area contributed by atoms with E-state index in [2.05, 4.69) is 25.0 Å². The number of aryl methyl sites for hydroxylation is 1. The summed E-state index contributed by atoms with van der Waals surface area (Å²) in [6.07, 6.45) is 2.26. The molecule has 1 saturated heterocycles. The van der Waals surface area contributed by atoms with Gasteiger partial charge in [0.05, 0.1) is 11.9 Å². The Morgan fingerprint density at radius 1 is 1.24 bits per heavy atom. The molecule has 4 rings (SSSR count). The Kier molecular flexibility index (Phi) is 6.40. The van der Waals surface area contributed by atoms with Gasteiger partial charge in [-0.15, -0.1) is 0 Å². The van der Waals surface area contributed by atoms with Gasteiger partial charge in [-0.2, -0.15) is 4.37 Å². The van der Waals surface area contributed by atoms with Crippen LogP contribution in [0.3, 0.4) is 0 Å². The van der Waals surface area contributed by atoms with Crippen molar-refractivity contribution in [3.63, 3.8) is 0 Å². The van der Waals surface area contributed by atoms with E-state index in [9.17, 15) is 9.59 Å². The number of amides is 2. The maximum atomic E-state index is 12.9. The first-order valence-corrected chi connectivity index (χ1v) is 11.3. The molecule has 0 unspecified atom stereocenters. The number of nitrogens with two attached hydrogens (primary N) is 1. The van der Waals surface area contributed by atoms with E-state index in [-0.39, 0.29) is 23.5 Å². The van der Waals surface area contributed by atoms with Crippen molar-refractivity contribution in [1.29, 1.82) is 0 Å². The van der Waals surface area contributed by atoms with Crippen LogP contribution < -0.4 is 21.3 Å². The molecule has 2 aromatic heterocycles. The molecule has 0 radical (unpaired) electrons. The zero-order valence-corrected chi connectivity index (χ0v) is 19.5. The zero-order chi connectivity index (χ0) is 23.5. The van der Waals surface area contributed by atoms with Gasteiger partial charge in [-0.1, -0.05) is 0 Å². The van der Waals surface area contributed by atoms with Gasteiger partial charge >= 0.3 is 0 Å². The minimum Gasteiger partial charge on any atom is -0.378 e. The normalized spacial score (nSPS) is 15.4. The molecule has 4 N–H and O–H groups in total. The minimum absolute atomic E-state index is 0.00249. The van der Waals surface area contributed by atoms with E-state index in [1.54, 1.807) is 0 Å². The predicted molar refractivity (Wildman–Crippen MR) is 129 cm³/mol. The molecule has 0 aliphatic carbocycles. The van der Waals surface area contributed by atoms with Gasteiger partial charge in [0.25, 0.3) is 11.8 Å². The maximum absolute atomic E-state index is 12.9. The van der Waals surface area contributed by atoms with Gasteiger partial charge in [-0.3, -0.25) is 9.59 Å². The Morgan fingerprint density at radius 2 is 2.00 bits per heavy atom. The van der Waals surface area contributed by atoms with Crippen LogP contribution in [-0.4, -0.2) is 64.3 Å². The average Bonchev–Trinajstić information content (AvgIpc) is 3.42. The summed E-state index contributed by atoms with van der Waals surface area (Å²) in [5, 5.41) is 7.13. The molecule has 1 aromatic carbocycles. The van der Waals surface area contributed by atoms with Gasteiger partial charge in [0, 0.05) is 44.5 Å². The van der Waals surface area contributed by atoms with Gasteiger partial charge < -0.3 is 26.2 Å². The van der Waals surface area contributed by atoms with Crippen LogP contribution in [0, 0.1) is 6.92 Å². The summed E-state index contributed by atoms with van der Waals surface area (Å²) < 4.78 is 4.22. The summed E-state index contributed by atoms with van der Waals surface area (Å²) >= 11 is 1.26. The third-order valence-corrected chi connectivity index (χ3v) is 6.13. The second-order valence-corrected chi connectivity index (χ2v) is 8.90. The molecule has 1 aliphatic rings. The number of rotatable bonds is 7. The molecule has 1 atom stereocenters. The number of benzene rings is 1. The summed E-state index contributed by atoms with van der Waals surface area (Å²) in [5.41, 5.74) is 8.08. The number of anilines is 4. The molecule has 0 saturated carbocycles. The van der Waals surface area contributed by atoms with Crippen molar-refractivity contribution in [2.24, 2.45) is 5.73 Å². The second-order valence-electron chi connectivity index (χ2n) is 8.10. The molecule has 172 valence electrons. The Balaban J connectivity index is 1.43. The van der Waals surface area contributed by atoms with Crippen molar-refractivity contribution < 1.29 is 9.59 Å². The number of carbonyl (C=O) groups is 2. The second kappa shape index (κ2) is 9.41. The first kappa shape index (κ1) is 22.5. The maximum Gasteiger partial charge on any atom is 0.271 e. The molecular formula is C22H26N8O2S. The summed E-state index contributed by atoms with van der Waals surface area (Å²) in [6, 6.07) is 9.45. The lowest BCUT2D eigenvalue weighted by atomic mass is 10.2. The van der Waals surface area contributed by atoms with Crippen LogP contribution in [0.4, 0.5) is 22.3 Å². The highest BCUT2D eigenvalue weighted by Gasteiger charge is 2.27. The fourth-order valence-corrected chi connectivity index (χ4v) is 4.28. The number of nitrogens with one attached hydrogen (secondary N) is 2. The average molecular weight is 467 g/mol. The van der Waals surface area contributed by atoms with E-state index < -0.39 is 5.91 Å². The lowest BCUT2D eigenvalue weighted by Crippen LogP contribution is -2.31. The Labute approximate surface area is 196 Å². The van der Waals surface area contributed by atoms with E-state index in [0.29, 0.717) is 24.5 Å². The monoisotopic (exact) mass is 466 g/mol. The van der Waals surface area contributed by atoms with Crippen LogP contribution in [0.2, 0.25) is 0 Å². The molecule has 3 aromatic rings. The summed E-state index contributed by atoms with van der Waals surface area (Å²) in [4.78, 5) is 37.2. The SMILES string of the molecule is Cc1cc(Nc2nc(N[C@@H]3CCN(C(=O)c4ccc(N(C)C)cc4)C3)cnc2C(N)=O)sn1. The first-order valence-electron chi connectivity index (χ1n) is 10.5. The highest BCUT2D eigenvalue weighted by molar-refractivity contribution is 7.10. The number of carbonyl (C=O) groups excluding carboxylic acids is 2. The smallest absolute Gasteiger partial charge is 0.271 e. The quantitative estimate of drug-likeness (QED) is 0.484. The largest absolute Gasteiger partial charge is 0.378 e. The van der Waals surface area contributed by atoms with Crippen molar-refractivity contribution in [3.8, 4) is 0 Å². The number of likely N-dealkylation sites (tertiary alicyclic amines) is 1. The molecule has 1 aliphatic heterocycles. The van der Waals surface area contributed by atoms with Crippen molar-refractivity contribution in [2.45, 2.75) is 19.4 Å². The van der Waals surface area contributed by atoms with Crippen molar-refractivity contribution in [2.75, 3.05) is 42.7 Å². The zero-order valence-electron chi connectivity index (χ0n) is 18.7. The van der Waals surface area contributed by atoms with Gasteiger partial charge in [0.2, 0.25) is 0 Å². The molecule has 11 heteroatoms. The lowest BCUT2D eigenvalue weighted by molar-refractivity contribution is 0.0791. The summed E-state index contributed by atoms with van der Waals surface area (Å²) in [7, 11) is 3.93. The third kappa shape index (κ3) is 5.20. The van der Waals surface area contributed by atoms with E-state index in [1.807, 2.05) is 61.2 Å². The molecule has 33 heavy (non-hydrogen) atoms. The fourth-order valence-electron chi connectivity index (χ4n) is 3.62. The molecule has 0 spiro atoms. The van der Waals surface area contributed by atoms with Gasteiger partial charge in [-0.25, -0.2) is 9.97 Å².